The molecule has 0 radical (unpaired) electrons. The molecule has 82 valence electrons. The van der Waals surface area contributed by atoms with E-state index in [2.05, 4.69) is 18.2 Å². The summed E-state index contributed by atoms with van der Waals surface area (Å²) in [6.07, 6.45) is 0.760. The van der Waals surface area contributed by atoms with Crippen LogP contribution in [0.25, 0.3) is 10.1 Å². The predicted octanol–water partition coefficient (Wildman–Crippen LogP) is 2.19. The van der Waals surface area contributed by atoms with Crippen molar-refractivity contribution in [2.75, 3.05) is 6.61 Å². The number of rotatable bonds is 3. The zero-order valence-corrected chi connectivity index (χ0v) is 9.85. The molecular weight excluding hydrogens is 230 g/mol. The second-order valence-corrected chi connectivity index (χ2v) is 4.57. The third-order valence-electron chi connectivity index (χ3n) is 2.17. The summed E-state index contributed by atoms with van der Waals surface area (Å²) in [6, 6.07) is 10.3. The molecule has 3 N–H and O–H groups in total. The first-order valence-corrected chi connectivity index (χ1v) is 5.45. The van der Waals surface area contributed by atoms with Crippen LogP contribution in [0.1, 0.15) is 4.88 Å². The number of hydrogen-bond donors (Lipinski definition) is 2. The predicted molar refractivity (Wildman–Crippen MR) is 67.8 cm³/mol. The minimum Gasteiger partial charge on any atom is -0.395 e. The molecule has 1 aromatic carbocycles. The van der Waals surface area contributed by atoms with Gasteiger partial charge in [0.05, 0.1) is 6.61 Å². The zero-order valence-electron chi connectivity index (χ0n) is 8.22. The molecule has 1 aromatic heterocycles. The molecule has 1 heterocycles. The summed E-state index contributed by atoms with van der Waals surface area (Å²) in [7, 11) is 0. The van der Waals surface area contributed by atoms with Gasteiger partial charge in [0.15, 0.2) is 0 Å². The van der Waals surface area contributed by atoms with Gasteiger partial charge in [0, 0.05) is 15.6 Å². The molecule has 0 saturated carbocycles. The van der Waals surface area contributed by atoms with Gasteiger partial charge >= 0.3 is 0 Å². The van der Waals surface area contributed by atoms with Crippen molar-refractivity contribution in [3.05, 3.63) is 35.2 Å². The summed E-state index contributed by atoms with van der Waals surface area (Å²) in [5.74, 6) is 0. The van der Waals surface area contributed by atoms with Gasteiger partial charge in [0.25, 0.3) is 0 Å². The largest absolute Gasteiger partial charge is 0.395 e. The first-order valence-electron chi connectivity index (χ1n) is 4.63. The van der Waals surface area contributed by atoms with Crippen molar-refractivity contribution in [1.82, 2.24) is 0 Å². The molecule has 2 rings (SSSR count). The van der Waals surface area contributed by atoms with E-state index in [4.69, 9.17) is 10.8 Å². The van der Waals surface area contributed by atoms with E-state index in [-0.39, 0.29) is 25.1 Å². The van der Waals surface area contributed by atoms with Crippen LogP contribution in [-0.4, -0.2) is 17.8 Å². The van der Waals surface area contributed by atoms with E-state index in [0.717, 1.165) is 6.42 Å². The first kappa shape index (κ1) is 12.5. The Kier molecular flexibility index (Phi) is 4.54. The van der Waals surface area contributed by atoms with E-state index in [0.29, 0.717) is 0 Å². The lowest BCUT2D eigenvalue weighted by Crippen LogP contribution is -2.26. The van der Waals surface area contributed by atoms with Gasteiger partial charge in [-0.05, 0) is 23.9 Å². The average Bonchev–Trinajstić information content (AvgIpc) is 2.59. The molecule has 4 heteroatoms. The summed E-state index contributed by atoms with van der Waals surface area (Å²) < 4.78 is 1.28. The van der Waals surface area contributed by atoms with Gasteiger partial charge in [-0.1, -0.05) is 18.2 Å². The number of thiophene rings is 1. The maximum atomic E-state index is 8.85. The van der Waals surface area contributed by atoms with Gasteiger partial charge < -0.3 is 10.8 Å². The second kappa shape index (κ2) is 5.47. The van der Waals surface area contributed by atoms with Crippen LogP contribution in [0.3, 0.4) is 0 Å². The van der Waals surface area contributed by atoms with E-state index in [1.165, 1.54) is 15.0 Å². The number of halogens is 1. The molecule has 2 nitrogen and oxygen atoms in total. The Morgan fingerprint density at radius 3 is 2.73 bits per heavy atom. The summed E-state index contributed by atoms with van der Waals surface area (Å²) >= 11 is 1.75. The van der Waals surface area contributed by atoms with Gasteiger partial charge in [0.1, 0.15) is 0 Å². The number of aliphatic hydroxyl groups excluding tert-OH is 1. The quantitative estimate of drug-likeness (QED) is 0.868. The smallest absolute Gasteiger partial charge is 0.0586 e. The minimum atomic E-state index is -0.136. The van der Waals surface area contributed by atoms with Crippen molar-refractivity contribution in [3.8, 4) is 0 Å². The standard InChI is InChI=1S/C11H13NOS.ClH/c12-9(7-13)6-10-5-8-3-1-2-4-11(8)14-10;/h1-5,9,13H,6-7,12H2;1H. The monoisotopic (exact) mass is 243 g/mol. The van der Waals surface area contributed by atoms with Crippen LogP contribution in [-0.2, 0) is 6.42 Å². The van der Waals surface area contributed by atoms with Crippen molar-refractivity contribution in [1.29, 1.82) is 0 Å². The van der Waals surface area contributed by atoms with Crippen LogP contribution in [0.2, 0.25) is 0 Å². The molecule has 15 heavy (non-hydrogen) atoms. The van der Waals surface area contributed by atoms with Crippen LogP contribution in [0, 0.1) is 0 Å². The molecule has 0 fully saturated rings. The molecular formula is C11H14ClNOS. The number of fused-ring (bicyclic) bond motifs is 1. The SMILES string of the molecule is Cl.NC(CO)Cc1cc2ccccc2s1. The maximum Gasteiger partial charge on any atom is 0.0586 e. The Balaban J connectivity index is 0.00000112. The third-order valence-corrected chi connectivity index (χ3v) is 3.31. The Labute approximate surface area is 99.1 Å². The van der Waals surface area contributed by atoms with Crippen molar-refractivity contribution in [3.63, 3.8) is 0 Å². The highest BCUT2D eigenvalue weighted by Crippen LogP contribution is 2.25. The summed E-state index contributed by atoms with van der Waals surface area (Å²) in [4.78, 5) is 1.24. The Bertz CT molecular complexity index is 396. The molecule has 0 amide bonds. The van der Waals surface area contributed by atoms with Crippen molar-refractivity contribution < 1.29 is 5.11 Å². The molecule has 2 aromatic rings. The average molecular weight is 244 g/mol. The highest BCUT2D eigenvalue weighted by molar-refractivity contribution is 7.19. The molecule has 0 bridgehead atoms. The number of aliphatic hydroxyl groups is 1. The molecule has 0 aliphatic rings. The topological polar surface area (TPSA) is 46.2 Å². The van der Waals surface area contributed by atoms with E-state index in [9.17, 15) is 0 Å². The first-order chi connectivity index (χ1) is 6.79. The molecule has 0 aliphatic carbocycles. The fourth-order valence-electron chi connectivity index (χ4n) is 1.46. The fraction of sp³-hybridized carbons (Fsp3) is 0.273. The molecule has 0 spiro atoms. The van der Waals surface area contributed by atoms with Gasteiger partial charge in [-0.3, -0.25) is 0 Å². The van der Waals surface area contributed by atoms with Crippen LogP contribution in [0.15, 0.2) is 30.3 Å². The lowest BCUT2D eigenvalue weighted by molar-refractivity contribution is 0.266. The Morgan fingerprint density at radius 2 is 2.07 bits per heavy atom. The van der Waals surface area contributed by atoms with E-state index < -0.39 is 0 Å². The Hall–Kier alpha value is -0.610. The summed E-state index contributed by atoms with van der Waals surface area (Å²) in [5.41, 5.74) is 5.68. The summed E-state index contributed by atoms with van der Waals surface area (Å²) in [6.45, 7) is 0.0498. The van der Waals surface area contributed by atoms with Gasteiger partial charge in [-0.15, -0.1) is 23.7 Å². The normalized spacial score (nSPS) is 12.4. The lowest BCUT2D eigenvalue weighted by atomic mass is 10.2. The third kappa shape index (κ3) is 2.92. The van der Waals surface area contributed by atoms with Crippen molar-refractivity contribution >= 4 is 33.8 Å². The van der Waals surface area contributed by atoms with E-state index >= 15 is 0 Å². The van der Waals surface area contributed by atoms with Crippen molar-refractivity contribution in [2.24, 2.45) is 5.73 Å². The van der Waals surface area contributed by atoms with Crippen LogP contribution in [0.4, 0.5) is 0 Å². The van der Waals surface area contributed by atoms with Crippen LogP contribution < -0.4 is 5.73 Å². The second-order valence-electron chi connectivity index (χ2n) is 3.40. The highest BCUT2D eigenvalue weighted by atomic mass is 35.5. The van der Waals surface area contributed by atoms with Gasteiger partial charge in [-0.2, -0.15) is 0 Å². The van der Waals surface area contributed by atoms with Gasteiger partial charge in [-0.25, -0.2) is 0 Å². The van der Waals surface area contributed by atoms with Crippen LogP contribution >= 0.6 is 23.7 Å². The highest BCUT2D eigenvalue weighted by Gasteiger charge is 2.05. The van der Waals surface area contributed by atoms with Gasteiger partial charge in [0.2, 0.25) is 0 Å². The number of benzene rings is 1. The van der Waals surface area contributed by atoms with E-state index in [1.54, 1.807) is 11.3 Å². The summed E-state index contributed by atoms with van der Waals surface area (Å²) in [5, 5.41) is 10.1. The Morgan fingerprint density at radius 1 is 1.33 bits per heavy atom. The molecule has 0 saturated heterocycles. The zero-order chi connectivity index (χ0) is 9.97. The van der Waals surface area contributed by atoms with Crippen molar-refractivity contribution in [2.45, 2.75) is 12.5 Å². The lowest BCUT2D eigenvalue weighted by Gasteiger charge is -2.03. The fourth-order valence-corrected chi connectivity index (χ4v) is 2.62. The molecule has 1 unspecified atom stereocenters. The maximum absolute atomic E-state index is 8.85. The molecule has 0 aliphatic heterocycles. The molecule has 1 atom stereocenters. The van der Waals surface area contributed by atoms with E-state index in [1.807, 2.05) is 12.1 Å². The number of hydrogen-bond acceptors (Lipinski definition) is 3. The number of nitrogens with two attached hydrogens (primary N) is 1. The minimum absolute atomic E-state index is 0. The van der Waals surface area contributed by atoms with Crippen LogP contribution in [0.5, 0.6) is 0 Å².